The Balaban J connectivity index is 2.01. The molecule has 0 bridgehead atoms. The van der Waals surface area contributed by atoms with Crippen molar-refractivity contribution in [2.75, 3.05) is 18.9 Å². The van der Waals surface area contributed by atoms with Crippen molar-refractivity contribution < 1.29 is 9.84 Å². The first-order valence-corrected chi connectivity index (χ1v) is 5.96. The van der Waals surface area contributed by atoms with Gasteiger partial charge >= 0.3 is 0 Å². The first-order chi connectivity index (χ1) is 8.81. The molecule has 0 aromatic carbocycles. The first-order valence-electron chi connectivity index (χ1n) is 5.96. The van der Waals surface area contributed by atoms with Gasteiger partial charge in [-0.05, 0) is 12.8 Å². The van der Waals surface area contributed by atoms with Crippen LogP contribution in [0.4, 0.5) is 5.82 Å². The Kier molecular flexibility index (Phi) is 2.85. The van der Waals surface area contributed by atoms with E-state index in [9.17, 15) is 0 Å². The van der Waals surface area contributed by atoms with Crippen LogP contribution in [0.5, 0.6) is 0 Å². The largest absolute Gasteiger partial charge is 0.396 e. The number of aliphatic hydroxyl groups is 1. The average molecular weight is 249 g/mol. The molecule has 1 fully saturated rings. The van der Waals surface area contributed by atoms with E-state index >= 15 is 0 Å². The number of hydrogen-bond donors (Lipinski definition) is 2. The number of imidazole rings is 1. The number of rotatable bonds is 3. The number of nitrogens with zero attached hydrogens (tertiary/aromatic N) is 4. The molecule has 1 aliphatic rings. The van der Waals surface area contributed by atoms with Crippen LogP contribution in [0, 0.1) is 0 Å². The number of ether oxygens (including phenoxy) is 1. The number of nitrogen functional groups attached to an aromatic ring is 1. The zero-order valence-corrected chi connectivity index (χ0v) is 9.86. The van der Waals surface area contributed by atoms with Gasteiger partial charge in [0.15, 0.2) is 11.5 Å². The van der Waals surface area contributed by atoms with Crippen molar-refractivity contribution in [1.29, 1.82) is 0 Å². The zero-order chi connectivity index (χ0) is 12.5. The molecule has 0 radical (unpaired) electrons. The van der Waals surface area contributed by atoms with Crippen molar-refractivity contribution in [3.63, 3.8) is 0 Å². The fourth-order valence-electron chi connectivity index (χ4n) is 2.47. The number of aromatic nitrogens is 4. The predicted octanol–water partition coefficient (Wildman–Crippen LogP) is 0.121. The lowest BCUT2D eigenvalue weighted by Gasteiger charge is -2.19. The highest BCUT2D eigenvalue weighted by Crippen LogP contribution is 2.30. The summed E-state index contributed by atoms with van der Waals surface area (Å²) in [5.41, 5.74) is 7.10. The van der Waals surface area contributed by atoms with Crippen LogP contribution < -0.4 is 5.73 Å². The number of hydrogen-bond acceptors (Lipinski definition) is 6. The van der Waals surface area contributed by atoms with E-state index in [0.717, 1.165) is 12.1 Å². The Labute approximate surface area is 104 Å². The highest BCUT2D eigenvalue weighted by atomic mass is 16.5. The van der Waals surface area contributed by atoms with E-state index in [1.54, 1.807) is 6.33 Å². The van der Waals surface area contributed by atoms with Crippen LogP contribution in [-0.2, 0) is 4.74 Å². The lowest BCUT2D eigenvalue weighted by Crippen LogP contribution is -2.21. The fraction of sp³-hybridized carbons (Fsp3) is 0.545. The molecular weight excluding hydrogens is 234 g/mol. The van der Waals surface area contributed by atoms with E-state index < -0.39 is 0 Å². The van der Waals surface area contributed by atoms with Gasteiger partial charge in [-0.1, -0.05) is 0 Å². The monoisotopic (exact) mass is 249 g/mol. The molecule has 0 unspecified atom stereocenters. The van der Waals surface area contributed by atoms with Gasteiger partial charge in [0.1, 0.15) is 11.8 Å². The Morgan fingerprint density at radius 3 is 3.17 bits per heavy atom. The second-order valence-electron chi connectivity index (χ2n) is 4.36. The van der Waals surface area contributed by atoms with Gasteiger partial charge in [-0.2, -0.15) is 0 Å². The summed E-state index contributed by atoms with van der Waals surface area (Å²) in [6.07, 6.45) is 4.67. The van der Waals surface area contributed by atoms with Gasteiger partial charge in [0.05, 0.1) is 18.5 Å². The number of anilines is 1. The molecule has 0 amide bonds. The number of fused-ring (bicyclic) bond motifs is 1. The summed E-state index contributed by atoms with van der Waals surface area (Å²) in [5, 5.41) is 9.05. The molecule has 0 spiro atoms. The van der Waals surface area contributed by atoms with Crippen molar-refractivity contribution in [3.8, 4) is 0 Å². The molecule has 96 valence electrons. The van der Waals surface area contributed by atoms with Crippen LogP contribution in [-0.4, -0.2) is 43.9 Å². The van der Waals surface area contributed by atoms with Gasteiger partial charge < -0.3 is 20.1 Å². The van der Waals surface area contributed by atoms with E-state index in [4.69, 9.17) is 15.6 Å². The quantitative estimate of drug-likeness (QED) is 0.801. The summed E-state index contributed by atoms with van der Waals surface area (Å²) in [5.74, 6) is 0.386. The average Bonchev–Trinajstić information content (AvgIpc) is 2.96. The summed E-state index contributed by atoms with van der Waals surface area (Å²) in [6.45, 7) is 0.806. The highest BCUT2D eigenvalue weighted by molar-refractivity contribution is 5.81. The van der Waals surface area contributed by atoms with Gasteiger partial charge in [0, 0.05) is 13.2 Å². The second-order valence-corrected chi connectivity index (χ2v) is 4.36. The van der Waals surface area contributed by atoms with Crippen LogP contribution in [0.15, 0.2) is 12.7 Å². The molecule has 0 aliphatic carbocycles. The standard InChI is InChI=1S/C11H15N5O2/c12-10-9-11(14-5-13-10)16(6-15-9)7-2-4-18-8(7)1-3-17/h5-8,17H,1-4H2,(H2,12,13,14)/t7-,8-/m1/s1. The molecule has 2 aromatic heterocycles. The molecule has 7 heteroatoms. The molecule has 1 saturated heterocycles. The Morgan fingerprint density at radius 2 is 2.33 bits per heavy atom. The Morgan fingerprint density at radius 1 is 1.44 bits per heavy atom. The third kappa shape index (κ3) is 1.72. The van der Waals surface area contributed by atoms with Crippen molar-refractivity contribution in [1.82, 2.24) is 19.5 Å². The van der Waals surface area contributed by atoms with Crippen LogP contribution in [0.1, 0.15) is 18.9 Å². The Hall–Kier alpha value is -1.73. The van der Waals surface area contributed by atoms with Crippen molar-refractivity contribution in [2.24, 2.45) is 0 Å². The predicted molar refractivity (Wildman–Crippen MR) is 64.8 cm³/mol. The summed E-state index contributed by atoms with van der Waals surface area (Å²) < 4.78 is 7.60. The third-order valence-electron chi connectivity index (χ3n) is 3.33. The molecule has 0 saturated carbocycles. The van der Waals surface area contributed by atoms with Crippen molar-refractivity contribution >= 4 is 17.0 Å². The van der Waals surface area contributed by atoms with E-state index in [-0.39, 0.29) is 18.8 Å². The molecule has 1 aliphatic heterocycles. The molecule has 7 nitrogen and oxygen atoms in total. The minimum atomic E-state index is 0.00332. The van der Waals surface area contributed by atoms with Gasteiger partial charge in [-0.3, -0.25) is 0 Å². The van der Waals surface area contributed by atoms with E-state index in [1.165, 1.54) is 6.33 Å². The lowest BCUT2D eigenvalue weighted by molar-refractivity contribution is 0.0699. The summed E-state index contributed by atoms with van der Waals surface area (Å²) in [6, 6.07) is 0.149. The summed E-state index contributed by atoms with van der Waals surface area (Å²) in [7, 11) is 0. The normalized spacial score (nSPS) is 23.8. The minimum Gasteiger partial charge on any atom is -0.396 e. The smallest absolute Gasteiger partial charge is 0.165 e. The van der Waals surface area contributed by atoms with Crippen LogP contribution in [0.2, 0.25) is 0 Å². The van der Waals surface area contributed by atoms with Gasteiger partial charge in [0.2, 0.25) is 0 Å². The molecule has 2 atom stereocenters. The SMILES string of the molecule is Nc1ncnc2c1ncn2[C@@H]1CCO[C@@H]1CCO. The van der Waals surface area contributed by atoms with Crippen LogP contribution in [0.25, 0.3) is 11.2 Å². The van der Waals surface area contributed by atoms with Gasteiger partial charge in [0.25, 0.3) is 0 Å². The van der Waals surface area contributed by atoms with Crippen LogP contribution >= 0.6 is 0 Å². The first kappa shape index (κ1) is 11.4. The van der Waals surface area contributed by atoms with Crippen LogP contribution in [0.3, 0.4) is 0 Å². The van der Waals surface area contributed by atoms with E-state index in [0.29, 0.717) is 24.4 Å². The fourth-order valence-corrected chi connectivity index (χ4v) is 2.47. The summed E-state index contributed by atoms with van der Waals surface area (Å²) >= 11 is 0. The van der Waals surface area contributed by atoms with Crippen molar-refractivity contribution in [2.45, 2.75) is 25.0 Å². The highest BCUT2D eigenvalue weighted by Gasteiger charge is 2.30. The molecule has 18 heavy (non-hydrogen) atoms. The summed E-state index contributed by atoms with van der Waals surface area (Å²) in [4.78, 5) is 12.4. The minimum absolute atomic E-state index is 0.00332. The molecular formula is C11H15N5O2. The van der Waals surface area contributed by atoms with Crippen molar-refractivity contribution in [3.05, 3.63) is 12.7 Å². The third-order valence-corrected chi connectivity index (χ3v) is 3.33. The van der Waals surface area contributed by atoms with E-state index in [2.05, 4.69) is 15.0 Å². The maximum absolute atomic E-state index is 9.05. The molecule has 3 heterocycles. The maximum Gasteiger partial charge on any atom is 0.165 e. The topological polar surface area (TPSA) is 99.1 Å². The van der Waals surface area contributed by atoms with Gasteiger partial charge in [-0.15, -0.1) is 0 Å². The molecule has 3 N–H and O–H groups in total. The maximum atomic E-state index is 9.05. The molecule has 2 aromatic rings. The lowest BCUT2D eigenvalue weighted by atomic mass is 10.1. The zero-order valence-electron chi connectivity index (χ0n) is 9.86. The molecule has 3 rings (SSSR count). The Bertz CT molecular complexity index is 555. The number of aliphatic hydroxyl groups excluding tert-OH is 1. The van der Waals surface area contributed by atoms with Gasteiger partial charge in [-0.25, -0.2) is 15.0 Å². The second kappa shape index (κ2) is 4.51. The number of nitrogens with two attached hydrogens (primary N) is 1. The van der Waals surface area contributed by atoms with E-state index in [1.807, 2.05) is 4.57 Å².